The molecular formula is C18H14N2O3. The number of hydrogen-bond acceptors (Lipinski definition) is 4. The van der Waals surface area contributed by atoms with E-state index in [0.717, 1.165) is 16.7 Å². The molecule has 0 spiro atoms. The summed E-state index contributed by atoms with van der Waals surface area (Å²) in [5, 5.41) is 6.31. The molecule has 0 aliphatic heterocycles. The summed E-state index contributed by atoms with van der Waals surface area (Å²) in [7, 11) is 1.23. The van der Waals surface area contributed by atoms with Crippen molar-refractivity contribution in [2.45, 2.75) is 0 Å². The molecule has 0 aliphatic carbocycles. The monoisotopic (exact) mass is 306 g/mol. The molecule has 1 heterocycles. The predicted molar refractivity (Wildman–Crippen MR) is 87.1 cm³/mol. The zero-order valence-electron chi connectivity index (χ0n) is 12.4. The average molecular weight is 306 g/mol. The highest BCUT2D eigenvalue weighted by molar-refractivity contribution is 5.90. The third-order valence-electron chi connectivity index (χ3n) is 3.50. The summed E-state index contributed by atoms with van der Waals surface area (Å²) in [6.07, 6.45) is 0. The van der Waals surface area contributed by atoms with Crippen molar-refractivity contribution in [1.29, 1.82) is 0 Å². The summed E-state index contributed by atoms with van der Waals surface area (Å²) in [6, 6.07) is 19.1. The lowest BCUT2D eigenvalue weighted by atomic mass is 10.0. The number of H-pyrrole nitrogens is 1. The van der Waals surface area contributed by atoms with Crippen molar-refractivity contribution < 1.29 is 9.53 Å². The summed E-state index contributed by atoms with van der Waals surface area (Å²) in [6.45, 7) is 0. The van der Waals surface area contributed by atoms with Crippen LogP contribution in [-0.4, -0.2) is 23.3 Å². The lowest BCUT2D eigenvalue weighted by molar-refractivity contribution is 0.0598. The molecule has 1 N–H and O–H groups in total. The number of methoxy groups -OCH3 is 1. The summed E-state index contributed by atoms with van der Waals surface area (Å²) in [5.74, 6) is -0.684. The number of aromatic amines is 1. The highest BCUT2D eigenvalue weighted by Gasteiger charge is 2.13. The van der Waals surface area contributed by atoms with Gasteiger partial charge in [0.15, 0.2) is 0 Å². The molecular weight excluding hydrogens is 292 g/mol. The molecule has 0 saturated carbocycles. The molecule has 0 radical (unpaired) electrons. The first-order chi connectivity index (χ1) is 11.2. The largest absolute Gasteiger partial charge is 0.465 e. The molecule has 0 bridgehead atoms. The van der Waals surface area contributed by atoms with Crippen LogP contribution in [0.5, 0.6) is 0 Å². The lowest BCUT2D eigenvalue weighted by Crippen LogP contribution is -2.20. The van der Waals surface area contributed by atoms with Crippen LogP contribution in [0.1, 0.15) is 10.4 Å². The number of hydrogen-bond donors (Lipinski definition) is 1. The predicted octanol–water partition coefficient (Wildman–Crippen LogP) is 2.89. The average Bonchev–Trinajstić information content (AvgIpc) is 2.62. The van der Waals surface area contributed by atoms with Gasteiger partial charge in [-0.05, 0) is 17.2 Å². The third kappa shape index (κ3) is 3.03. The number of benzene rings is 2. The zero-order valence-corrected chi connectivity index (χ0v) is 12.4. The van der Waals surface area contributed by atoms with Gasteiger partial charge in [0.2, 0.25) is 0 Å². The molecule has 114 valence electrons. The summed E-state index contributed by atoms with van der Waals surface area (Å²) >= 11 is 0. The molecule has 3 aromatic rings. The fourth-order valence-corrected chi connectivity index (χ4v) is 2.28. The maximum absolute atomic E-state index is 11.6. The molecule has 0 aliphatic rings. The first-order valence-electron chi connectivity index (χ1n) is 7.03. The number of carbonyl (C=O) groups is 1. The highest BCUT2D eigenvalue weighted by Crippen LogP contribution is 2.23. The number of nitrogens with one attached hydrogen (secondary N) is 1. The van der Waals surface area contributed by atoms with Crippen LogP contribution in [0.3, 0.4) is 0 Å². The second-order valence-electron chi connectivity index (χ2n) is 4.93. The SMILES string of the molecule is COC(=O)c1cc(-c2ccc(-c3ccccc3)cc2)n[nH]c1=O. The molecule has 5 nitrogen and oxygen atoms in total. The van der Waals surface area contributed by atoms with Crippen LogP contribution >= 0.6 is 0 Å². The molecule has 1 aromatic heterocycles. The topological polar surface area (TPSA) is 72.0 Å². The zero-order chi connectivity index (χ0) is 16.2. The summed E-state index contributed by atoms with van der Waals surface area (Å²) in [5.41, 5.74) is 2.86. The molecule has 0 fully saturated rings. The second-order valence-corrected chi connectivity index (χ2v) is 4.93. The van der Waals surface area contributed by atoms with Gasteiger partial charge in [-0.2, -0.15) is 5.10 Å². The Morgan fingerprint density at radius 3 is 2.22 bits per heavy atom. The van der Waals surface area contributed by atoms with Gasteiger partial charge in [0.05, 0.1) is 12.8 Å². The van der Waals surface area contributed by atoms with E-state index >= 15 is 0 Å². The van der Waals surface area contributed by atoms with Crippen molar-refractivity contribution in [3.05, 3.63) is 76.6 Å². The number of ether oxygens (including phenoxy) is 1. The number of aromatic nitrogens is 2. The van der Waals surface area contributed by atoms with Gasteiger partial charge >= 0.3 is 5.97 Å². The van der Waals surface area contributed by atoms with Crippen LogP contribution in [0, 0.1) is 0 Å². The van der Waals surface area contributed by atoms with Crippen molar-refractivity contribution in [1.82, 2.24) is 10.2 Å². The first-order valence-corrected chi connectivity index (χ1v) is 7.03. The van der Waals surface area contributed by atoms with E-state index in [1.165, 1.54) is 13.2 Å². The molecule has 0 amide bonds. The Labute approximate surface area is 132 Å². The van der Waals surface area contributed by atoms with E-state index in [-0.39, 0.29) is 5.56 Å². The molecule has 0 saturated heterocycles. The highest BCUT2D eigenvalue weighted by atomic mass is 16.5. The number of carbonyl (C=O) groups excluding carboxylic acids is 1. The minimum atomic E-state index is -0.684. The summed E-state index contributed by atoms with van der Waals surface area (Å²) < 4.78 is 4.60. The maximum Gasteiger partial charge on any atom is 0.343 e. The Kier molecular flexibility index (Phi) is 4.01. The minimum absolute atomic E-state index is 0.0652. The van der Waals surface area contributed by atoms with Gasteiger partial charge in [-0.1, -0.05) is 54.6 Å². The van der Waals surface area contributed by atoms with Crippen LogP contribution in [0.15, 0.2) is 65.5 Å². The Hall–Kier alpha value is -3.21. The van der Waals surface area contributed by atoms with E-state index in [9.17, 15) is 9.59 Å². The summed E-state index contributed by atoms with van der Waals surface area (Å²) in [4.78, 5) is 23.2. The van der Waals surface area contributed by atoms with E-state index < -0.39 is 11.5 Å². The van der Waals surface area contributed by atoms with Crippen LogP contribution in [0.25, 0.3) is 22.4 Å². The van der Waals surface area contributed by atoms with Gasteiger partial charge in [0, 0.05) is 5.56 Å². The quantitative estimate of drug-likeness (QED) is 0.755. The molecule has 0 unspecified atom stereocenters. The maximum atomic E-state index is 11.6. The molecule has 2 aromatic carbocycles. The van der Waals surface area contributed by atoms with Crippen LogP contribution in [0.4, 0.5) is 0 Å². The number of nitrogens with zero attached hydrogens (tertiary/aromatic N) is 1. The lowest BCUT2D eigenvalue weighted by Gasteiger charge is -2.05. The molecule has 5 heteroatoms. The fraction of sp³-hybridized carbons (Fsp3) is 0.0556. The van der Waals surface area contributed by atoms with E-state index in [2.05, 4.69) is 14.9 Å². The Balaban J connectivity index is 1.97. The van der Waals surface area contributed by atoms with Gasteiger partial charge < -0.3 is 4.74 Å². The van der Waals surface area contributed by atoms with Gasteiger partial charge in [-0.3, -0.25) is 4.79 Å². The normalized spacial score (nSPS) is 10.3. The molecule has 3 rings (SSSR count). The fourth-order valence-electron chi connectivity index (χ4n) is 2.28. The second kappa shape index (κ2) is 6.27. The third-order valence-corrected chi connectivity index (χ3v) is 3.50. The Morgan fingerprint density at radius 1 is 0.957 bits per heavy atom. The number of rotatable bonds is 3. The van der Waals surface area contributed by atoms with Crippen LogP contribution in [0.2, 0.25) is 0 Å². The first kappa shape index (κ1) is 14.7. The van der Waals surface area contributed by atoms with Crippen molar-refractivity contribution >= 4 is 5.97 Å². The van der Waals surface area contributed by atoms with E-state index in [0.29, 0.717) is 5.69 Å². The van der Waals surface area contributed by atoms with Crippen LogP contribution < -0.4 is 5.56 Å². The standard InChI is InChI=1S/C18H14N2O3/c1-23-18(22)15-11-16(19-20-17(15)21)14-9-7-13(8-10-14)12-5-3-2-4-6-12/h2-11H,1H3,(H,20,21). The van der Waals surface area contributed by atoms with Crippen molar-refractivity contribution in [2.24, 2.45) is 0 Å². The van der Waals surface area contributed by atoms with E-state index in [1.54, 1.807) is 0 Å². The molecule has 23 heavy (non-hydrogen) atoms. The van der Waals surface area contributed by atoms with Crippen molar-refractivity contribution in [3.8, 4) is 22.4 Å². The van der Waals surface area contributed by atoms with Crippen LogP contribution in [-0.2, 0) is 4.74 Å². The molecule has 0 atom stereocenters. The van der Waals surface area contributed by atoms with Gasteiger partial charge in [-0.15, -0.1) is 0 Å². The Morgan fingerprint density at radius 2 is 1.57 bits per heavy atom. The van der Waals surface area contributed by atoms with Gasteiger partial charge in [0.25, 0.3) is 5.56 Å². The number of esters is 1. The van der Waals surface area contributed by atoms with Crippen molar-refractivity contribution in [3.63, 3.8) is 0 Å². The van der Waals surface area contributed by atoms with Crippen molar-refractivity contribution in [2.75, 3.05) is 7.11 Å². The van der Waals surface area contributed by atoms with E-state index in [4.69, 9.17) is 0 Å². The van der Waals surface area contributed by atoms with Gasteiger partial charge in [-0.25, -0.2) is 9.89 Å². The van der Waals surface area contributed by atoms with E-state index in [1.807, 2.05) is 54.6 Å². The smallest absolute Gasteiger partial charge is 0.343 e. The minimum Gasteiger partial charge on any atom is -0.465 e. The Bertz CT molecular complexity index is 884. The van der Waals surface area contributed by atoms with Gasteiger partial charge in [0.1, 0.15) is 5.56 Å².